The molecule has 7 heteroatoms. The fraction of sp³-hybridized carbons (Fsp3) is 0.588. The number of likely N-dealkylation sites (tertiary alicyclic amines) is 1. The Morgan fingerprint density at radius 2 is 1.92 bits per heavy atom. The Morgan fingerprint density at radius 3 is 2.46 bits per heavy atom. The lowest BCUT2D eigenvalue weighted by atomic mass is 10.0. The van der Waals surface area contributed by atoms with E-state index in [0.29, 0.717) is 22.9 Å². The smallest absolute Gasteiger partial charge is 0.349 e. The maximum atomic E-state index is 12.8. The molecule has 0 saturated carbocycles. The summed E-state index contributed by atoms with van der Waals surface area (Å²) >= 11 is 5.38. The van der Waals surface area contributed by atoms with Crippen LogP contribution in [0.2, 0.25) is 0 Å². The molecule has 1 aromatic carbocycles. The minimum Gasteiger partial charge on any atom is -0.349 e. The first-order valence-electron chi connectivity index (χ1n) is 8.25. The van der Waals surface area contributed by atoms with Gasteiger partial charge in [-0.1, -0.05) is 6.07 Å². The zero-order valence-electron chi connectivity index (χ0n) is 14.3. The molecule has 0 bridgehead atoms. The Hall–Kier alpha value is -1.34. The molecule has 1 aliphatic rings. The number of hydrogen-bond acceptors (Lipinski definition) is 1. The van der Waals surface area contributed by atoms with Crippen molar-refractivity contribution in [3.05, 3.63) is 29.8 Å². The molecule has 3 nitrogen and oxygen atoms in total. The van der Waals surface area contributed by atoms with Crippen LogP contribution < -0.4 is 10.2 Å². The molecular formula is C17H25F3N3S+. The van der Waals surface area contributed by atoms with Gasteiger partial charge in [-0.25, -0.2) is 0 Å². The lowest BCUT2D eigenvalue weighted by Gasteiger charge is -2.37. The first-order valence-corrected chi connectivity index (χ1v) is 8.66. The summed E-state index contributed by atoms with van der Waals surface area (Å²) < 4.78 is 38.3. The number of nitrogens with zero attached hydrogens (tertiary/aromatic N) is 1. The van der Waals surface area contributed by atoms with Crippen molar-refractivity contribution in [1.29, 1.82) is 0 Å². The van der Waals surface area contributed by atoms with Crippen molar-refractivity contribution < 1.29 is 18.1 Å². The average Bonchev–Trinajstić information content (AvgIpc) is 2.53. The van der Waals surface area contributed by atoms with Gasteiger partial charge in [-0.05, 0) is 44.3 Å². The van der Waals surface area contributed by atoms with Crippen LogP contribution in [0, 0.1) is 0 Å². The predicted octanol–water partition coefficient (Wildman–Crippen LogP) is 2.79. The molecule has 0 amide bonds. The minimum absolute atomic E-state index is 0.377. The van der Waals surface area contributed by atoms with E-state index < -0.39 is 11.7 Å². The van der Waals surface area contributed by atoms with Gasteiger partial charge >= 0.3 is 6.18 Å². The highest BCUT2D eigenvalue weighted by atomic mass is 32.1. The molecule has 2 N–H and O–H groups in total. The molecule has 1 atom stereocenters. The van der Waals surface area contributed by atoms with Crippen molar-refractivity contribution in [2.75, 3.05) is 25.5 Å². The highest BCUT2D eigenvalue weighted by Gasteiger charge is 2.31. The summed E-state index contributed by atoms with van der Waals surface area (Å²) in [5, 5.41) is 3.44. The van der Waals surface area contributed by atoms with E-state index >= 15 is 0 Å². The molecule has 24 heavy (non-hydrogen) atoms. The maximum Gasteiger partial charge on any atom is 0.416 e. The van der Waals surface area contributed by atoms with Crippen molar-refractivity contribution >= 4 is 23.0 Å². The Bertz CT molecular complexity index is 566. The van der Waals surface area contributed by atoms with E-state index in [1.54, 1.807) is 6.07 Å². The van der Waals surface area contributed by atoms with Gasteiger partial charge in [0.2, 0.25) is 0 Å². The average molecular weight is 360 g/mol. The SMILES string of the molecule is CC(C)[NH+](C)C1CCN(C(=S)Nc2cccc(C(F)(F)F)c2)CC1. The third kappa shape index (κ3) is 4.83. The highest BCUT2D eigenvalue weighted by molar-refractivity contribution is 7.80. The van der Waals surface area contributed by atoms with Crippen LogP contribution in [-0.2, 0) is 6.18 Å². The van der Waals surface area contributed by atoms with Crippen molar-refractivity contribution in [2.24, 2.45) is 0 Å². The number of alkyl halides is 3. The van der Waals surface area contributed by atoms with Gasteiger partial charge in [-0.15, -0.1) is 0 Å². The van der Waals surface area contributed by atoms with E-state index in [9.17, 15) is 13.2 Å². The number of piperidine rings is 1. The molecule has 0 aliphatic carbocycles. The number of anilines is 1. The normalized spacial score (nSPS) is 17.9. The van der Waals surface area contributed by atoms with Gasteiger partial charge in [0.15, 0.2) is 5.11 Å². The van der Waals surface area contributed by atoms with Crippen LogP contribution in [0.5, 0.6) is 0 Å². The van der Waals surface area contributed by atoms with E-state index in [1.807, 2.05) is 4.90 Å². The molecule has 1 aliphatic heterocycles. The summed E-state index contributed by atoms with van der Waals surface area (Å²) in [4.78, 5) is 3.56. The molecule has 1 fully saturated rings. The number of hydrogen-bond donors (Lipinski definition) is 2. The predicted molar refractivity (Wildman–Crippen MR) is 94.3 cm³/mol. The van der Waals surface area contributed by atoms with Crippen LogP contribution in [0.15, 0.2) is 24.3 Å². The molecule has 2 rings (SSSR count). The van der Waals surface area contributed by atoms with Crippen LogP contribution in [-0.4, -0.2) is 42.2 Å². The van der Waals surface area contributed by atoms with Gasteiger partial charge in [0.1, 0.15) is 0 Å². The van der Waals surface area contributed by atoms with Gasteiger partial charge in [-0.3, -0.25) is 0 Å². The number of rotatable bonds is 3. The summed E-state index contributed by atoms with van der Waals surface area (Å²) in [5.41, 5.74) is -0.293. The second-order valence-corrected chi connectivity index (χ2v) is 7.06. The number of quaternary nitrogens is 1. The summed E-state index contributed by atoms with van der Waals surface area (Å²) in [7, 11) is 2.21. The molecule has 0 spiro atoms. The maximum absolute atomic E-state index is 12.8. The van der Waals surface area contributed by atoms with Gasteiger partial charge in [0, 0.05) is 31.6 Å². The fourth-order valence-corrected chi connectivity index (χ4v) is 3.29. The van der Waals surface area contributed by atoms with E-state index in [1.165, 1.54) is 11.0 Å². The van der Waals surface area contributed by atoms with Gasteiger partial charge < -0.3 is 15.1 Å². The third-order valence-corrected chi connectivity index (χ3v) is 5.14. The zero-order valence-corrected chi connectivity index (χ0v) is 15.1. The van der Waals surface area contributed by atoms with Gasteiger partial charge in [0.25, 0.3) is 0 Å². The molecule has 1 heterocycles. The Balaban J connectivity index is 1.93. The first-order chi connectivity index (χ1) is 11.2. The van der Waals surface area contributed by atoms with E-state index in [4.69, 9.17) is 12.2 Å². The van der Waals surface area contributed by atoms with Crippen molar-refractivity contribution in [2.45, 2.75) is 44.9 Å². The van der Waals surface area contributed by atoms with Gasteiger partial charge in [-0.2, -0.15) is 13.2 Å². The van der Waals surface area contributed by atoms with E-state index in [0.717, 1.165) is 38.1 Å². The molecule has 1 aromatic rings. The summed E-state index contributed by atoms with van der Waals surface area (Å²) in [5.74, 6) is 0. The number of nitrogens with one attached hydrogen (secondary N) is 2. The van der Waals surface area contributed by atoms with Crippen LogP contribution in [0.25, 0.3) is 0 Å². The Labute approximate surface area is 146 Å². The lowest BCUT2D eigenvalue weighted by Crippen LogP contribution is -3.16. The highest BCUT2D eigenvalue weighted by Crippen LogP contribution is 2.30. The molecular weight excluding hydrogens is 335 g/mol. The van der Waals surface area contributed by atoms with Crippen molar-refractivity contribution in [1.82, 2.24) is 4.90 Å². The quantitative estimate of drug-likeness (QED) is 0.809. The second kappa shape index (κ2) is 7.70. The van der Waals surface area contributed by atoms with E-state index in [2.05, 4.69) is 26.2 Å². The standard InChI is InChI=1S/C17H24F3N3S/c1-12(2)22(3)15-7-9-23(10-8-15)16(24)21-14-6-4-5-13(11-14)17(18,19)20/h4-6,11-12,15H,7-10H2,1-3H3,(H,21,24)/p+1. The third-order valence-electron chi connectivity index (χ3n) is 4.78. The van der Waals surface area contributed by atoms with E-state index in [-0.39, 0.29) is 0 Å². The molecule has 0 radical (unpaired) electrons. The van der Waals surface area contributed by atoms with Crippen LogP contribution in [0.4, 0.5) is 18.9 Å². The van der Waals surface area contributed by atoms with Crippen molar-refractivity contribution in [3.63, 3.8) is 0 Å². The number of thiocarbonyl (C=S) groups is 1. The monoisotopic (exact) mass is 360 g/mol. The Morgan fingerprint density at radius 1 is 1.29 bits per heavy atom. The van der Waals surface area contributed by atoms with Crippen molar-refractivity contribution in [3.8, 4) is 0 Å². The number of halogens is 3. The van der Waals surface area contributed by atoms with Gasteiger partial charge in [0.05, 0.1) is 24.7 Å². The minimum atomic E-state index is -4.35. The summed E-state index contributed by atoms with van der Waals surface area (Å²) in [6.07, 6.45) is -2.27. The topological polar surface area (TPSA) is 19.7 Å². The van der Waals surface area contributed by atoms with Crippen LogP contribution in [0.3, 0.4) is 0 Å². The fourth-order valence-electron chi connectivity index (χ4n) is 2.99. The largest absolute Gasteiger partial charge is 0.416 e. The molecule has 1 unspecified atom stereocenters. The van der Waals surface area contributed by atoms with Crippen LogP contribution in [0.1, 0.15) is 32.3 Å². The first kappa shape index (κ1) is 19.0. The van der Waals surface area contributed by atoms with Crippen LogP contribution >= 0.6 is 12.2 Å². The molecule has 1 saturated heterocycles. The molecule has 134 valence electrons. The summed E-state index contributed by atoms with van der Waals surface area (Å²) in [6, 6.07) is 6.33. The summed E-state index contributed by atoms with van der Waals surface area (Å²) in [6.45, 7) is 6.09. The lowest BCUT2D eigenvalue weighted by molar-refractivity contribution is -0.928. The molecule has 0 aromatic heterocycles. The second-order valence-electron chi connectivity index (χ2n) is 6.67. The zero-order chi connectivity index (χ0) is 17.9. The number of benzene rings is 1. The Kier molecular flexibility index (Phi) is 6.09.